The molecule has 1 aromatic heterocycles. The molecule has 1 aromatic rings. The normalized spacial score (nSPS) is 20.0. The monoisotopic (exact) mass is 326 g/mol. The quantitative estimate of drug-likeness (QED) is 0.825. The molecule has 1 fully saturated rings. The highest BCUT2D eigenvalue weighted by atomic mass is 35.5. The Morgan fingerprint density at radius 3 is 2.79 bits per heavy atom. The van der Waals surface area contributed by atoms with E-state index in [1.807, 2.05) is 0 Å². The lowest BCUT2D eigenvalue weighted by atomic mass is 10.3. The Hall–Kier alpha value is -0.670. The summed E-state index contributed by atoms with van der Waals surface area (Å²) in [5, 5.41) is 1.45. The van der Waals surface area contributed by atoms with Crippen molar-refractivity contribution in [3.63, 3.8) is 0 Å². The standard InChI is InChI=1S/C10H14N2O4S2.ClH/c1-16-10(13)9-4-8(6-17-9)18(14,15)12-3-2-7(11)5-12;/h4,6-7H,2-3,5,11H2,1H3;1H/t7-;/m1./s1. The first-order chi connectivity index (χ1) is 8.45. The van der Waals surface area contributed by atoms with E-state index in [-0.39, 0.29) is 28.2 Å². The molecule has 2 N–H and O–H groups in total. The van der Waals surface area contributed by atoms with Gasteiger partial charge in [0.1, 0.15) is 4.88 Å². The highest BCUT2D eigenvalue weighted by Gasteiger charge is 2.32. The maximum absolute atomic E-state index is 12.2. The molecule has 0 aliphatic carbocycles. The minimum Gasteiger partial charge on any atom is -0.465 e. The van der Waals surface area contributed by atoms with Gasteiger partial charge < -0.3 is 10.5 Å². The minimum absolute atomic E-state index is 0. The zero-order chi connectivity index (χ0) is 13.3. The van der Waals surface area contributed by atoms with Crippen LogP contribution in [0.5, 0.6) is 0 Å². The number of hydrogen-bond acceptors (Lipinski definition) is 6. The summed E-state index contributed by atoms with van der Waals surface area (Å²) < 4.78 is 30.4. The summed E-state index contributed by atoms with van der Waals surface area (Å²) >= 11 is 1.06. The van der Waals surface area contributed by atoms with Gasteiger partial charge in [0.25, 0.3) is 0 Å². The molecule has 6 nitrogen and oxygen atoms in total. The Balaban J connectivity index is 0.00000180. The van der Waals surface area contributed by atoms with E-state index >= 15 is 0 Å². The summed E-state index contributed by atoms with van der Waals surface area (Å²) in [6.45, 7) is 0.749. The van der Waals surface area contributed by atoms with Crippen LogP contribution in [0.3, 0.4) is 0 Å². The molecule has 0 radical (unpaired) electrons. The summed E-state index contributed by atoms with van der Waals surface area (Å²) in [5.74, 6) is -0.528. The number of sulfonamides is 1. The largest absolute Gasteiger partial charge is 0.465 e. The molecule has 1 atom stereocenters. The van der Waals surface area contributed by atoms with Gasteiger partial charge in [0.15, 0.2) is 0 Å². The molecule has 19 heavy (non-hydrogen) atoms. The Bertz CT molecular complexity index is 558. The summed E-state index contributed by atoms with van der Waals surface area (Å²) in [7, 11) is -2.28. The maximum atomic E-state index is 12.2. The van der Waals surface area contributed by atoms with Crippen molar-refractivity contribution in [2.24, 2.45) is 5.73 Å². The van der Waals surface area contributed by atoms with Gasteiger partial charge in [-0.1, -0.05) is 0 Å². The van der Waals surface area contributed by atoms with E-state index in [0.29, 0.717) is 19.5 Å². The van der Waals surface area contributed by atoms with Crippen LogP contribution in [-0.2, 0) is 14.8 Å². The molecule has 1 saturated heterocycles. The molecule has 0 unspecified atom stereocenters. The number of methoxy groups -OCH3 is 1. The van der Waals surface area contributed by atoms with Gasteiger partial charge in [-0.2, -0.15) is 4.31 Å². The predicted octanol–water partition coefficient (Wildman–Crippen LogP) is 0.678. The van der Waals surface area contributed by atoms with Crippen LogP contribution in [0.1, 0.15) is 16.1 Å². The SMILES string of the molecule is COC(=O)c1cc(S(=O)(=O)N2CC[C@@H](N)C2)cs1.Cl. The highest BCUT2D eigenvalue weighted by molar-refractivity contribution is 7.89. The molecular weight excluding hydrogens is 312 g/mol. The lowest BCUT2D eigenvalue weighted by molar-refractivity contribution is 0.0606. The zero-order valence-electron chi connectivity index (χ0n) is 10.2. The van der Waals surface area contributed by atoms with Gasteiger partial charge in [-0.25, -0.2) is 13.2 Å². The van der Waals surface area contributed by atoms with E-state index in [2.05, 4.69) is 4.74 Å². The van der Waals surface area contributed by atoms with Gasteiger partial charge in [0.05, 0.1) is 12.0 Å². The molecule has 1 aliphatic rings. The number of rotatable bonds is 3. The van der Waals surface area contributed by atoms with E-state index in [1.54, 1.807) is 0 Å². The molecule has 2 rings (SSSR count). The Labute approximate surface area is 122 Å². The molecular formula is C10H15ClN2O4S2. The van der Waals surface area contributed by atoms with Crippen LogP contribution in [0.15, 0.2) is 16.3 Å². The number of hydrogen-bond donors (Lipinski definition) is 1. The third-order valence-electron chi connectivity index (χ3n) is 2.79. The van der Waals surface area contributed by atoms with Crippen LogP contribution >= 0.6 is 23.7 Å². The first-order valence-electron chi connectivity index (χ1n) is 5.37. The second kappa shape index (κ2) is 6.19. The average Bonchev–Trinajstić information content (AvgIpc) is 2.96. The molecule has 1 aliphatic heterocycles. The Morgan fingerprint density at radius 2 is 2.26 bits per heavy atom. The van der Waals surface area contributed by atoms with Crippen LogP contribution < -0.4 is 5.73 Å². The fourth-order valence-electron chi connectivity index (χ4n) is 1.78. The molecule has 0 aromatic carbocycles. The number of nitrogens with two attached hydrogens (primary N) is 1. The van der Waals surface area contributed by atoms with E-state index in [0.717, 1.165) is 11.3 Å². The van der Waals surface area contributed by atoms with Gasteiger partial charge in [-0.05, 0) is 12.5 Å². The number of halogens is 1. The molecule has 2 heterocycles. The molecule has 108 valence electrons. The van der Waals surface area contributed by atoms with E-state index < -0.39 is 16.0 Å². The first kappa shape index (κ1) is 16.4. The number of thiophene rings is 1. The van der Waals surface area contributed by atoms with Crippen molar-refractivity contribution in [3.8, 4) is 0 Å². The van der Waals surface area contributed by atoms with Crippen molar-refractivity contribution >= 4 is 39.7 Å². The Morgan fingerprint density at radius 1 is 1.58 bits per heavy atom. The molecule has 9 heteroatoms. The highest BCUT2D eigenvalue weighted by Crippen LogP contribution is 2.25. The van der Waals surface area contributed by atoms with Gasteiger partial charge in [-0.3, -0.25) is 0 Å². The molecule has 0 spiro atoms. The van der Waals surface area contributed by atoms with E-state index in [1.165, 1.54) is 22.9 Å². The number of ether oxygens (including phenoxy) is 1. The first-order valence-corrected chi connectivity index (χ1v) is 7.69. The summed E-state index contributed by atoms with van der Waals surface area (Å²) in [6.07, 6.45) is 0.660. The number of carbonyl (C=O) groups is 1. The summed E-state index contributed by atoms with van der Waals surface area (Å²) in [5.41, 5.74) is 5.70. The number of carbonyl (C=O) groups excluding carboxylic acids is 1. The lowest BCUT2D eigenvalue weighted by Crippen LogP contribution is -2.31. The van der Waals surface area contributed by atoms with Gasteiger partial charge >= 0.3 is 5.97 Å². The second-order valence-electron chi connectivity index (χ2n) is 4.05. The average molecular weight is 327 g/mol. The van der Waals surface area contributed by atoms with Gasteiger partial charge in [0.2, 0.25) is 10.0 Å². The van der Waals surface area contributed by atoms with Crippen molar-refractivity contribution in [2.45, 2.75) is 17.4 Å². The van der Waals surface area contributed by atoms with Crippen LogP contribution in [0.2, 0.25) is 0 Å². The lowest BCUT2D eigenvalue weighted by Gasteiger charge is -2.14. The van der Waals surface area contributed by atoms with Crippen molar-refractivity contribution < 1.29 is 17.9 Å². The number of nitrogens with zero attached hydrogens (tertiary/aromatic N) is 1. The van der Waals surface area contributed by atoms with Gasteiger partial charge in [0, 0.05) is 24.5 Å². The van der Waals surface area contributed by atoms with Crippen molar-refractivity contribution in [1.82, 2.24) is 4.31 Å². The van der Waals surface area contributed by atoms with Crippen molar-refractivity contribution in [1.29, 1.82) is 0 Å². The fourth-order valence-corrected chi connectivity index (χ4v) is 4.47. The summed E-state index contributed by atoms with van der Waals surface area (Å²) in [6, 6.07) is 1.23. The van der Waals surface area contributed by atoms with Crippen LogP contribution in [0.4, 0.5) is 0 Å². The van der Waals surface area contributed by atoms with E-state index in [9.17, 15) is 13.2 Å². The van der Waals surface area contributed by atoms with Crippen molar-refractivity contribution in [2.75, 3.05) is 20.2 Å². The third-order valence-corrected chi connectivity index (χ3v) is 5.69. The van der Waals surface area contributed by atoms with Crippen LogP contribution in [-0.4, -0.2) is 44.9 Å². The second-order valence-corrected chi connectivity index (χ2v) is 6.90. The summed E-state index contributed by atoms with van der Waals surface area (Å²) in [4.78, 5) is 11.7. The predicted molar refractivity (Wildman–Crippen MR) is 74.3 cm³/mol. The minimum atomic E-state index is -3.54. The Kier molecular flexibility index (Phi) is 5.34. The maximum Gasteiger partial charge on any atom is 0.348 e. The molecule has 0 amide bonds. The van der Waals surface area contributed by atoms with Crippen molar-refractivity contribution in [3.05, 3.63) is 16.3 Å². The number of esters is 1. The van der Waals surface area contributed by atoms with E-state index in [4.69, 9.17) is 5.73 Å². The topological polar surface area (TPSA) is 89.7 Å². The van der Waals surface area contributed by atoms with Gasteiger partial charge in [-0.15, -0.1) is 23.7 Å². The molecule has 0 bridgehead atoms. The van der Waals surface area contributed by atoms with Crippen LogP contribution in [0.25, 0.3) is 0 Å². The zero-order valence-corrected chi connectivity index (χ0v) is 12.7. The molecule has 0 saturated carbocycles. The third kappa shape index (κ3) is 3.26. The fraction of sp³-hybridized carbons (Fsp3) is 0.500. The smallest absolute Gasteiger partial charge is 0.348 e. The van der Waals surface area contributed by atoms with Crippen LogP contribution in [0, 0.1) is 0 Å².